The molecule has 0 bridgehead atoms. The number of carbonyl (C=O) groups excluding carboxylic acids is 1. The van der Waals surface area contributed by atoms with Gasteiger partial charge in [-0.25, -0.2) is 13.6 Å². The van der Waals surface area contributed by atoms with Crippen molar-refractivity contribution in [1.29, 1.82) is 0 Å². The molecule has 0 aliphatic carbocycles. The molecule has 0 aromatic heterocycles. The first-order valence-corrected chi connectivity index (χ1v) is 9.02. The van der Waals surface area contributed by atoms with E-state index in [1.54, 1.807) is 36.0 Å². The number of sulfonamides is 1. The summed E-state index contributed by atoms with van der Waals surface area (Å²) in [6.07, 6.45) is 0. The summed E-state index contributed by atoms with van der Waals surface area (Å²) in [5.74, 6) is 1.50. The summed E-state index contributed by atoms with van der Waals surface area (Å²) in [6.45, 7) is 0.829. The van der Waals surface area contributed by atoms with E-state index in [0.29, 0.717) is 11.3 Å². The number of rotatable bonds is 4. The summed E-state index contributed by atoms with van der Waals surface area (Å²) in [4.78, 5) is 12.0. The first-order valence-electron chi connectivity index (χ1n) is 6.15. The predicted octanol–water partition coefficient (Wildman–Crippen LogP) is 0.119. The van der Waals surface area contributed by atoms with Gasteiger partial charge in [-0.1, -0.05) is 12.1 Å². The average Bonchev–Trinajstić information content (AvgIpc) is 2.40. The molecule has 6 nitrogen and oxygen atoms in total. The summed E-state index contributed by atoms with van der Waals surface area (Å²) in [6, 6.07) is 6.45. The Kier molecular flexibility index (Phi) is 5.03. The summed E-state index contributed by atoms with van der Waals surface area (Å²) in [5.41, 5.74) is 1.24. The molecule has 1 fully saturated rings. The fourth-order valence-corrected chi connectivity index (χ4v) is 3.47. The molecule has 8 heteroatoms. The quantitative estimate of drug-likeness (QED) is 0.732. The maximum atomic E-state index is 12.0. The minimum absolute atomic E-state index is 0.0728. The maximum absolute atomic E-state index is 12.0. The smallest absolute Gasteiger partial charge is 0.242 e. The van der Waals surface area contributed by atoms with Crippen molar-refractivity contribution in [2.45, 2.75) is 11.8 Å². The number of hydrogen-bond donors (Lipinski definition) is 3. The molecule has 1 saturated heterocycles. The van der Waals surface area contributed by atoms with Gasteiger partial charge in [-0.05, 0) is 17.7 Å². The number of nitrogens with one attached hydrogen (secondary N) is 2. The highest BCUT2D eigenvalue weighted by molar-refractivity contribution is 7.99. The van der Waals surface area contributed by atoms with Crippen LogP contribution < -0.4 is 15.8 Å². The molecular formula is C12H17N3O3S2. The number of primary sulfonamides is 1. The van der Waals surface area contributed by atoms with E-state index in [0.717, 1.165) is 18.1 Å². The molecule has 110 valence electrons. The fourth-order valence-electron chi connectivity index (χ4n) is 1.88. The van der Waals surface area contributed by atoms with E-state index in [2.05, 4.69) is 10.6 Å². The van der Waals surface area contributed by atoms with E-state index in [1.165, 1.54) is 0 Å². The van der Waals surface area contributed by atoms with Gasteiger partial charge < -0.3 is 10.6 Å². The minimum atomic E-state index is -3.53. The van der Waals surface area contributed by atoms with Crippen molar-refractivity contribution in [3.8, 4) is 0 Å². The van der Waals surface area contributed by atoms with Gasteiger partial charge in [-0.3, -0.25) is 4.79 Å². The number of amides is 1. The Morgan fingerprint density at radius 3 is 2.65 bits per heavy atom. The molecule has 0 radical (unpaired) electrons. The van der Waals surface area contributed by atoms with Crippen LogP contribution in [0.5, 0.6) is 0 Å². The third kappa shape index (κ3) is 4.78. The average molecular weight is 315 g/mol. The normalized spacial score (nSPS) is 19.6. The van der Waals surface area contributed by atoms with E-state index in [1.807, 2.05) is 0 Å². The van der Waals surface area contributed by atoms with Gasteiger partial charge in [-0.15, -0.1) is 0 Å². The molecule has 1 aliphatic heterocycles. The lowest BCUT2D eigenvalue weighted by atomic mass is 10.2. The Balaban J connectivity index is 1.94. The van der Waals surface area contributed by atoms with E-state index >= 15 is 0 Å². The van der Waals surface area contributed by atoms with Gasteiger partial charge in [0.1, 0.15) is 0 Å². The topological polar surface area (TPSA) is 101 Å². The van der Waals surface area contributed by atoms with Crippen molar-refractivity contribution >= 4 is 33.4 Å². The zero-order valence-electron chi connectivity index (χ0n) is 10.8. The van der Waals surface area contributed by atoms with Gasteiger partial charge >= 0.3 is 0 Å². The predicted molar refractivity (Wildman–Crippen MR) is 81.0 cm³/mol. The molecule has 0 saturated carbocycles. The zero-order valence-corrected chi connectivity index (χ0v) is 12.5. The second kappa shape index (κ2) is 6.57. The lowest BCUT2D eigenvalue weighted by molar-refractivity contribution is -0.117. The first kappa shape index (κ1) is 15.3. The zero-order chi connectivity index (χ0) is 14.6. The summed E-state index contributed by atoms with van der Waals surface area (Å²) < 4.78 is 21.9. The van der Waals surface area contributed by atoms with E-state index < -0.39 is 10.0 Å². The molecule has 0 spiro atoms. The van der Waals surface area contributed by atoms with Crippen LogP contribution in [0.15, 0.2) is 24.3 Å². The fraction of sp³-hybridized carbons (Fsp3) is 0.417. The summed E-state index contributed by atoms with van der Waals surface area (Å²) >= 11 is 1.75. The van der Waals surface area contributed by atoms with Crippen molar-refractivity contribution in [2.75, 3.05) is 23.4 Å². The third-order valence-corrected chi connectivity index (χ3v) is 4.63. The Bertz CT molecular complexity index is 566. The molecule has 20 heavy (non-hydrogen) atoms. The largest absolute Gasteiger partial charge is 0.325 e. The molecule has 1 unspecified atom stereocenters. The highest BCUT2D eigenvalue weighted by Crippen LogP contribution is 2.13. The van der Waals surface area contributed by atoms with Crippen LogP contribution >= 0.6 is 11.8 Å². The monoisotopic (exact) mass is 315 g/mol. The highest BCUT2D eigenvalue weighted by atomic mass is 32.2. The summed E-state index contributed by atoms with van der Waals surface area (Å²) in [7, 11) is -3.53. The molecule has 1 atom stereocenters. The first-order chi connectivity index (χ1) is 9.44. The summed E-state index contributed by atoms with van der Waals surface area (Å²) in [5, 5.41) is 10.9. The van der Waals surface area contributed by atoms with Crippen LogP contribution in [0, 0.1) is 0 Å². The van der Waals surface area contributed by atoms with Gasteiger partial charge in [0.05, 0.1) is 11.8 Å². The number of nitrogens with two attached hydrogens (primary N) is 1. The number of carbonyl (C=O) groups is 1. The van der Waals surface area contributed by atoms with Crippen LogP contribution in [0.2, 0.25) is 0 Å². The van der Waals surface area contributed by atoms with Crippen LogP contribution in [0.3, 0.4) is 0 Å². The molecule has 1 amide bonds. The van der Waals surface area contributed by atoms with E-state index in [4.69, 9.17) is 5.14 Å². The standard InChI is InChI=1S/C12H17N3O3S2/c13-20(17,18)8-9-1-3-10(4-2-9)15-12(16)11-7-19-6-5-14-11/h1-4,11,14H,5-8H2,(H,15,16)(H2,13,17,18). The highest BCUT2D eigenvalue weighted by Gasteiger charge is 2.20. The van der Waals surface area contributed by atoms with Crippen molar-refractivity contribution in [3.63, 3.8) is 0 Å². The van der Waals surface area contributed by atoms with E-state index in [9.17, 15) is 13.2 Å². The van der Waals surface area contributed by atoms with Crippen LogP contribution in [-0.4, -0.2) is 38.4 Å². The molecular weight excluding hydrogens is 298 g/mol. The van der Waals surface area contributed by atoms with E-state index in [-0.39, 0.29) is 17.7 Å². The number of thioether (sulfide) groups is 1. The second-order valence-electron chi connectivity index (χ2n) is 4.57. The number of benzene rings is 1. The van der Waals surface area contributed by atoms with Crippen molar-refractivity contribution in [3.05, 3.63) is 29.8 Å². The lowest BCUT2D eigenvalue weighted by Crippen LogP contribution is -2.46. The van der Waals surface area contributed by atoms with Crippen molar-refractivity contribution < 1.29 is 13.2 Å². The molecule has 1 aromatic rings. The lowest BCUT2D eigenvalue weighted by Gasteiger charge is -2.22. The molecule has 4 N–H and O–H groups in total. The minimum Gasteiger partial charge on any atom is -0.325 e. The Morgan fingerprint density at radius 2 is 2.10 bits per heavy atom. The molecule has 1 aliphatic rings. The second-order valence-corrected chi connectivity index (χ2v) is 7.34. The van der Waals surface area contributed by atoms with Gasteiger partial charge in [-0.2, -0.15) is 11.8 Å². The third-order valence-electron chi connectivity index (χ3n) is 2.83. The maximum Gasteiger partial charge on any atom is 0.242 e. The Labute approximate surface area is 122 Å². The SMILES string of the molecule is NS(=O)(=O)Cc1ccc(NC(=O)C2CSCCN2)cc1. The van der Waals surface area contributed by atoms with Gasteiger partial charge in [0.15, 0.2) is 0 Å². The van der Waals surface area contributed by atoms with Crippen LogP contribution in [0.25, 0.3) is 0 Å². The number of hydrogen-bond acceptors (Lipinski definition) is 5. The molecule has 2 rings (SSSR count). The van der Waals surface area contributed by atoms with Crippen LogP contribution in [0.1, 0.15) is 5.56 Å². The van der Waals surface area contributed by atoms with Gasteiger partial charge in [0.2, 0.25) is 15.9 Å². The Hall–Kier alpha value is -1.09. The van der Waals surface area contributed by atoms with Crippen molar-refractivity contribution in [2.24, 2.45) is 5.14 Å². The number of anilines is 1. The van der Waals surface area contributed by atoms with Crippen LogP contribution in [-0.2, 0) is 20.6 Å². The molecule has 1 aromatic carbocycles. The van der Waals surface area contributed by atoms with Gasteiger partial charge in [0.25, 0.3) is 0 Å². The van der Waals surface area contributed by atoms with Crippen molar-refractivity contribution in [1.82, 2.24) is 5.32 Å². The van der Waals surface area contributed by atoms with Crippen LogP contribution in [0.4, 0.5) is 5.69 Å². The van der Waals surface area contributed by atoms with Gasteiger partial charge in [0, 0.05) is 23.7 Å². The Morgan fingerprint density at radius 1 is 1.40 bits per heavy atom. The molecule has 1 heterocycles.